The number of carboxylic acids is 1. The van der Waals surface area contributed by atoms with Crippen LogP contribution in [0.2, 0.25) is 0 Å². The van der Waals surface area contributed by atoms with E-state index >= 15 is 0 Å². The van der Waals surface area contributed by atoms with Gasteiger partial charge in [-0.3, -0.25) is 4.79 Å². The van der Waals surface area contributed by atoms with Gasteiger partial charge in [-0.15, -0.1) is 0 Å². The highest BCUT2D eigenvalue weighted by Crippen LogP contribution is 2.17. The molecular weight excluding hydrogens is 482 g/mol. The van der Waals surface area contributed by atoms with Gasteiger partial charge in [0.05, 0.1) is 23.3 Å². The van der Waals surface area contributed by atoms with Gasteiger partial charge in [0.25, 0.3) is 5.91 Å². The van der Waals surface area contributed by atoms with E-state index in [1.165, 1.54) is 48.5 Å². The summed E-state index contributed by atoms with van der Waals surface area (Å²) < 4.78 is 15.3. The Balaban J connectivity index is 1.90. The Bertz CT molecular complexity index is 1280. The molecule has 0 spiro atoms. The molecule has 2 atom stereocenters. The van der Waals surface area contributed by atoms with Crippen molar-refractivity contribution in [2.24, 2.45) is 0 Å². The highest BCUT2D eigenvalue weighted by Gasteiger charge is 2.41. The minimum Gasteiger partial charge on any atom is -0.478 e. The maximum Gasteiger partial charge on any atom is 0.349 e. The Labute approximate surface area is 211 Å². The van der Waals surface area contributed by atoms with E-state index < -0.39 is 42.0 Å². The van der Waals surface area contributed by atoms with Crippen molar-refractivity contribution < 1.29 is 43.3 Å². The summed E-state index contributed by atoms with van der Waals surface area (Å²) in [4.78, 5) is 62.6. The number of hydrogen-bond donors (Lipinski definition) is 2. The molecule has 0 bridgehead atoms. The Morgan fingerprint density at radius 3 is 1.73 bits per heavy atom. The molecule has 0 heterocycles. The molecule has 3 aromatic rings. The first-order valence-electron chi connectivity index (χ1n) is 11.1. The minimum absolute atomic E-state index is 0.0319. The van der Waals surface area contributed by atoms with Crippen LogP contribution in [0.3, 0.4) is 0 Å². The van der Waals surface area contributed by atoms with Gasteiger partial charge in [0, 0.05) is 5.69 Å². The smallest absolute Gasteiger partial charge is 0.349 e. The van der Waals surface area contributed by atoms with E-state index in [2.05, 4.69) is 5.32 Å². The third-order valence-electron chi connectivity index (χ3n) is 4.91. The number of carboxylic acid groups (broad SMARTS) is 1. The molecule has 37 heavy (non-hydrogen) atoms. The van der Waals surface area contributed by atoms with Gasteiger partial charge in [0.2, 0.25) is 12.2 Å². The van der Waals surface area contributed by atoms with Crippen LogP contribution in [0.15, 0.2) is 84.9 Å². The van der Waals surface area contributed by atoms with Crippen molar-refractivity contribution in [1.29, 1.82) is 0 Å². The molecule has 0 radical (unpaired) electrons. The molecule has 0 aliphatic heterocycles. The molecule has 0 fully saturated rings. The minimum atomic E-state index is -2.19. The molecule has 0 saturated carbocycles. The predicted octanol–water partition coefficient (Wildman–Crippen LogP) is 3.34. The molecule has 10 heteroatoms. The molecule has 190 valence electrons. The highest BCUT2D eigenvalue weighted by molar-refractivity contribution is 6.02. The summed E-state index contributed by atoms with van der Waals surface area (Å²) in [6.45, 7) is 1.78. The fourth-order valence-corrected chi connectivity index (χ4v) is 3.16. The van der Waals surface area contributed by atoms with E-state index in [0.717, 1.165) is 0 Å². The van der Waals surface area contributed by atoms with E-state index in [1.54, 1.807) is 43.3 Å². The second-order valence-electron chi connectivity index (χ2n) is 7.51. The van der Waals surface area contributed by atoms with Crippen molar-refractivity contribution in [1.82, 2.24) is 0 Å². The number of ether oxygens (including phenoxy) is 3. The summed E-state index contributed by atoms with van der Waals surface area (Å²) >= 11 is 0. The predicted molar refractivity (Wildman–Crippen MR) is 130 cm³/mol. The van der Waals surface area contributed by atoms with E-state index in [-0.39, 0.29) is 29.0 Å². The van der Waals surface area contributed by atoms with Crippen LogP contribution in [0.1, 0.15) is 38.0 Å². The van der Waals surface area contributed by atoms with Crippen molar-refractivity contribution in [3.63, 3.8) is 0 Å². The second-order valence-corrected chi connectivity index (χ2v) is 7.51. The van der Waals surface area contributed by atoms with Gasteiger partial charge in [-0.25, -0.2) is 19.2 Å². The second kappa shape index (κ2) is 12.6. The summed E-state index contributed by atoms with van der Waals surface area (Å²) in [6.07, 6.45) is -4.27. The summed E-state index contributed by atoms with van der Waals surface area (Å²) in [6, 6.07) is 20.8. The number of carbonyl (C=O) groups is 5. The zero-order chi connectivity index (χ0) is 26.8. The Hall–Kier alpha value is -4.99. The topological polar surface area (TPSA) is 145 Å². The standard InChI is InChI=1S/C27H23NO9/c1-2-35-25(32)19-14-9-15-20(16-19)28-23(29)21(36-26(33)17-10-5-3-6-11-17)22(24(30)31)37-27(34)18-12-7-4-8-13-18/h3-16,21-22H,2H2,1H3,(H,28,29)(H,30,31)/t21-,22+/m0/s1. The fourth-order valence-electron chi connectivity index (χ4n) is 3.16. The molecule has 3 aromatic carbocycles. The zero-order valence-electron chi connectivity index (χ0n) is 19.7. The monoisotopic (exact) mass is 505 g/mol. The summed E-state index contributed by atoms with van der Waals surface area (Å²) in [5, 5.41) is 12.2. The highest BCUT2D eigenvalue weighted by atomic mass is 16.6. The van der Waals surface area contributed by atoms with Crippen LogP contribution in [-0.4, -0.2) is 53.7 Å². The molecule has 3 rings (SSSR count). The molecule has 0 aromatic heterocycles. The van der Waals surface area contributed by atoms with Gasteiger partial charge in [-0.05, 0) is 49.4 Å². The van der Waals surface area contributed by atoms with Gasteiger partial charge < -0.3 is 24.6 Å². The number of aliphatic carboxylic acids is 1. The van der Waals surface area contributed by atoms with E-state index in [9.17, 15) is 29.1 Å². The van der Waals surface area contributed by atoms with Crippen LogP contribution < -0.4 is 5.32 Å². The van der Waals surface area contributed by atoms with E-state index in [0.29, 0.717) is 0 Å². The first-order valence-corrected chi connectivity index (χ1v) is 11.1. The lowest BCUT2D eigenvalue weighted by molar-refractivity contribution is -0.157. The van der Waals surface area contributed by atoms with Crippen LogP contribution in [0.25, 0.3) is 0 Å². The number of hydrogen-bond acceptors (Lipinski definition) is 8. The summed E-state index contributed by atoms with van der Waals surface area (Å²) in [5.41, 5.74) is 0.296. The van der Waals surface area contributed by atoms with Crippen LogP contribution in [-0.2, 0) is 23.8 Å². The van der Waals surface area contributed by atoms with Gasteiger partial charge in [0.1, 0.15) is 0 Å². The number of anilines is 1. The van der Waals surface area contributed by atoms with Crippen LogP contribution in [0.4, 0.5) is 5.69 Å². The average molecular weight is 505 g/mol. The summed E-state index contributed by atoms with van der Waals surface area (Å²) in [5.74, 6) is -5.50. The fraction of sp³-hybridized carbons (Fsp3) is 0.148. The largest absolute Gasteiger partial charge is 0.478 e. The normalized spacial score (nSPS) is 11.9. The van der Waals surface area contributed by atoms with Gasteiger partial charge in [0.15, 0.2) is 0 Å². The number of amides is 1. The maximum atomic E-state index is 13.2. The Kier molecular flexibility index (Phi) is 9.09. The van der Waals surface area contributed by atoms with Crippen molar-refractivity contribution >= 4 is 35.5 Å². The average Bonchev–Trinajstić information content (AvgIpc) is 2.91. The molecule has 0 aliphatic rings. The quantitative estimate of drug-likeness (QED) is 0.313. The van der Waals surface area contributed by atoms with Crippen LogP contribution in [0.5, 0.6) is 0 Å². The van der Waals surface area contributed by atoms with E-state index in [4.69, 9.17) is 14.2 Å². The van der Waals surface area contributed by atoms with Gasteiger partial charge in [-0.1, -0.05) is 42.5 Å². The van der Waals surface area contributed by atoms with Crippen molar-refractivity contribution in [2.45, 2.75) is 19.1 Å². The van der Waals surface area contributed by atoms with Crippen molar-refractivity contribution in [3.05, 3.63) is 102 Å². The molecule has 2 N–H and O–H groups in total. The molecule has 0 aliphatic carbocycles. The first kappa shape index (κ1) is 26.6. The van der Waals surface area contributed by atoms with Gasteiger partial charge >= 0.3 is 23.9 Å². The Morgan fingerprint density at radius 1 is 0.703 bits per heavy atom. The maximum absolute atomic E-state index is 13.2. The number of benzene rings is 3. The molecule has 1 amide bonds. The SMILES string of the molecule is CCOC(=O)c1cccc(NC(=O)[C@@H](OC(=O)c2ccccc2)[C@@H](OC(=O)c2ccccc2)C(=O)O)c1. The molecule has 10 nitrogen and oxygen atoms in total. The lowest BCUT2D eigenvalue weighted by Gasteiger charge is -2.23. The first-order chi connectivity index (χ1) is 17.8. The number of rotatable bonds is 10. The number of carbonyl (C=O) groups excluding carboxylic acids is 4. The number of nitrogens with one attached hydrogen (secondary N) is 1. The van der Waals surface area contributed by atoms with Crippen LogP contribution in [0, 0.1) is 0 Å². The van der Waals surface area contributed by atoms with Crippen molar-refractivity contribution in [2.75, 3.05) is 11.9 Å². The molecule has 0 unspecified atom stereocenters. The third kappa shape index (κ3) is 7.25. The molecule has 0 saturated heterocycles. The lowest BCUT2D eigenvalue weighted by Crippen LogP contribution is -2.48. The molecular formula is C27H23NO9. The van der Waals surface area contributed by atoms with E-state index in [1.807, 2.05) is 0 Å². The lowest BCUT2D eigenvalue weighted by atomic mass is 10.1. The van der Waals surface area contributed by atoms with Crippen LogP contribution >= 0.6 is 0 Å². The Morgan fingerprint density at radius 2 is 1.22 bits per heavy atom. The van der Waals surface area contributed by atoms with Crippen molar-refractivity contribution in [3.8, 4) is 0 Å². The zero-order valence-corrected chi connectivity index (χ0v) is 19.7. The third-order valence-corrected chi connectivity index (χ3v) is 4.91. The van der Waals surface area contributed by atoms with Gasteiger partial charge in [-0.2, -0.15) is 0 Å². The number of esters is 3. The summed E-state index contributed by atoms with van der Waals surface area (Å²) in [7, 11) is 0.